The summed E-state index contributed by atoms with van der Waals surface area (Å²) in [4.78, 5) is 7.28. The summed E-state index contributed by atoms with van der Waals surface area (Å²) in [6.45, 7) is 0. The minimum absolute atomic E-state index is 1.05. The lowest BCUT2D eigenvalue weighted by Crippen LogP contribution is -2.09. The topological polar surface area (TPSA) is 16.1 Å². The molecule has 3 aromatic heterocycles. The van der Waals surface area contributed by atoms with Gasteiger partial charge in [0.05, 0.1) is 10.2 Å². The molecule has 0 saturated heterocycles. The summed E-state index contributed by atoms with van der Waals surface area (Å²) in [6.07, 6.45) is 0. The average Bonchev–Trinajstić information content (AvgIpc) is 3.95. The minimum Gasteiger partial charge on any atom is -0.310 e. The maximum atomic E-state index is 4.88. The second kappa shape index (κ2) is 12.6. The van der Waals surface area contributed by atoms with Crippen molar-refractivity contribution < 1.29 is 0 Å². The molecule has 0 saturated carbocycles. The van der Waals surface area contributed by atoms with Crippen molar-refractivity contribution >= 4 is 123 Å². The third-order valence-corrected chi connectivity index (χ3v) is 14.4. The van der Waals surface area contributed by atoms with Crippen molar-refractivity contribution in [1.29, 1.82) is 0 Å². The van der Waals surface area contributed by atoms with Crippen molar-refractivity contribution in [3.05, 3.63) is 182 Å². The molecule has 0 atom stereocenters. The summed E-state index contributed by atoms with van der Waals surface area (Å²) >= 11 is 5.48. The molecule has 262 valence electrons. The van der Waals surface area contributed by atoms with Crippen LogP contribution in [0.25, 0.3) is 93.8 Å². The number of fused-ring (bicyclic) bond motifs is 9. The molecule has 0 bridgehead atoms. The van der Waals surface area contributed by atoms with E-state index in [0.717, 1.165) is 33.1 Å². The van der Waals surface area contributed by atoms with Crippen molar-refractivity contribution in [2.24, 2.45) is 0 Å². The van der Waals surface area contributed by atoms with Gasteiger partial charge in [-0.05, 0) is 118 Å². The van der Waals surface area contributed by atoms with Gasteiger partial charge in [0.2, 0.25) is 0 Å². The Morgan fingerprint density at radius 3 is 1.38 bits per heavy atom. The zero-order chi connectivity index (χ0) is 36.7. The van der Waals surface area contributed by atoms with E-state index in [2.05, 4.69) is 181 Å². The monoisotopic (exact) mass is 766 g/mol. The van der Waals surface area contributed by atoms with E-state index in [1.165, 1.54) is 77.7 Å². The highest BCUT2D eigenvalue weighted by Crippen LogP contribution is 2.43. The Morgan fingerprint density at radius 1 is 0.321 bits per heavy atom. The first-order valence-electron chi connectivity index (χ1n) is 18.8. The van der Waals surface area contributed by atoms with Gasteiger partial charge in [-0.15, -0.1) is 34.0 Å². The smallest absolute Gasteiger partial charge is 0.124 e. The number of para-hydroxylation sites is 1. The van der Waals surface area contributed by atoms with Crippen LogP contribution in [0.15, 0.2) is 182 Å². The molecule has 9 aromatic carbocycles. The first kappa shape index (κ1) is 31.9. The Kier molecular flexibility index (Phi) is 7.18. The zero-order valence-electron chi connectivity index (χ0n) is 29.9. The van der Waals surface area contributed by atoms with Gasteiger partial charge in [-0.25, -0.2) is 4.98 Å². The second-order valence-corrected chi connectivity index (χ2v) is 17.6. The summed E-state index contributed by atoms with van der Waals surface area (Å²) in [6, 6.07) is 67.0. The van der Waals surface area contributed by atoms with Crippen molar-refractivity contribution in [2.45, 2.75) is 0 Å². The molecule has 0 aliphatic rings. The normalized spacial score (nSPS) is 11.9. The molecule has 0 amide bonds. The Labute approximate surface area is 334 Å². The number of hydrogen-bond acceptors (Lipinski definition) is 5. The number of nitrogens with zero attached hydrogens (tertiary/aromatic N) is 2. The molecule has 0 aliphatic heterocycles. The van der Waals surface area contributed by atoms with Crippen LogP contribution >= 0.6 is 34.0 Å². The fraction of sp³-hybridized carbons (Fsp3) is 0. The molecule has 12 aromatic rings. The van der Waals surface area contributed by atoms with Crippen molar-refractivity contribution in [1.82, 2.24) is 4.98 Å². The van der Waals surface area contributed by atoms with Crippen molar-refractivity contribution in [3.8, 4) is 21.7 Å². The molecule has 0 fully saturated rings. The van der Waals surface area contributed by atoms with Crippen LogP contribution in [0.2, 0.25) is 0 Å². The van der Waals surface area contributed by atoms with Crippen LogP contribution in [0.4, 0.5) is 17.1 Å². The van der Waals surface area contributed by atoms with Gasteiger partial charge in [0.25, 0.3) is 0 Å². The Balaban J connectivity index is 0.972. The van der Waals surface area contributed by atoms with Crippen LogP contribution in [-0.2, 0) is 0 Å². The molecule has 0 N–H and O–H groups in total. The van der Waals surface area contributed by atoms with Crippen LogP contribution < -0.4 is 4.90 Å². The maximum absolute atomic E-state index is 4.88. The number of rotatable bonds is 5. The number of thiazole rings is 1. The third kappa shape index (κ3) is 5.24. The predicted molar refractivity (Wildman–Crippen MR) is 246 cm³/mol. The quantitative estimate of drug-likeness (QED) is 0.173. The fourth-order valence-corrected chi connectivity index (χ4v) is 11.5. The van der Waals surface area contributed by atoms with Gasteiger partial charge in [-0.3, -0.25) is 0 Å². The Hall–Kier alpha value is -6.37. The fourth-order valence-electron chi connectivity index (χ4n) is 8.24. The first-order chi connectivity index (χ1) is 27.7. The summed E-state index contributed by atoms with van der Waals surface area (Å²) < 4.78 is 6.53. The van der Waals surface area contributed by atoms with Crippen LogP contribution in [0.1, 0.15) is 0 Å². The molecule has 0 unspecified atom stereocenters. The van der Waals surface area contributed by atoms with E-state index in [1.54, 1.807) is 11.3 Å². The number of anilines is 3. The highest BCUT2D eigenvalue weighted by Gasteiger charge is 2.17. The van der Waals surface area contributed by atoms with Gasteiger partial charge in [0.1, 0.15) is 5.01 Å². The molecule has 5 heteroatoms. The second-order valence-electron chi connectivity index (χ2n) is 14.4. The Bertz CT molecular complexity index is 3290. The number of aromatic nitrogens is 1. The maximum Gasteiger partial charge on any atom is 0.124 e. The molecule has 2 nitrogen and oxygen atoms in total. The van der Waals surface area contributed by atoms with Gasteiger partial charge >= 0.3 is 0 Å². The SMILES string of the molecule is c1ccc2sc(-c3ccc(-c4ccc(N(c5ccc6cc7sc8ccccc8c7cc6c5)c5ccc6cc7sc8ccccc8c7cc6c5)cc4)cc3)nc2c1. The van der Waals surface area contributed by atoms with Crippen molar-refractivity contribution in [3.63, 3.8) is 0 Å². The molecule has 3 heterocycles. The lowest BCUT2D eigenvalue weighted by atomic mass is 10.0. The lowest BCUT2D eigenvalue weighted by molar-refractivity contribution is 1.29. The van der Waals surface area contributed by atoms with Crippen LogP contribution in [-0.4, -0.2) is 4.98 Å². The standard InChI is InChI=1S/C51H30N2S3/c1-4-10-46-41(7-1)43-27-36-25-39(23-19-34(36)29-49(43)54-46)53(40-24-20-35-30-50-44(28-37(35)26-40)42-8-2-5-11-47(42)55-50)38-21-17-32(18-22-38)31-13-15-33(16-14-31)51-52-45-9-3-6-12-48(45)56-51/h1-30H. The number of thiophene rings is 2. The van der Waals surface area contributed by atoms with E-state index < -0.39 is 0 Å². The molecular weight excluding hydrogens is 737 g/mol. The third-order valence-electron chi connectivity index (χ3n) is 11.0. The summed E-state index contributed by atoms with van der Waals surface area (Å²) in [5, 5.41) is 11.3. The first-order valence-corrected chi connectivity index (χ1v) is 21.2. The van der Waals surface area contributed by atoms with Gasteiger partial charge in [-0.1, -0.05) is 97.1 Å². The van der Waals surface area contributed by atoms with Gasteiger partial charge in [0, 0.05) is 63.0 Å². The molecule has 0 aliphatic carbocycles. The largest absolute Gasteiger partial charge is 0.310 e. The molecule has 0 radical (unpaired) electrons. The minimum atomic E-state index is 1.05. The predicted octanol–water partition coefficient (Wildman–Crippen LogP) is 16.1. The van der Waals surface area contributed by atoms with E-state index in [-0.39, 0.29) is 0 Å². The highest BCUT2D eigenvalue weighted by atomic mass is 32.1. The van der Waals surface area contributed by atoms with Gasteiger partial charge in [0.15, 0.2) is 0 Å². The van der Waals surface area contributed by atoms with Crippen molar-refractivity contribution in [2.75, 3.05) is 4.90 Å². The average molecular weight is 767 g/mol. The van der Waals surface area contributed by atoms with E-state index in [9.17, 15) is 0 Å². The van der Waals surface area contributed by atoms with Gasteiger partial charge in [-0.2, -0.15) is 0 Å². The van der Waals surface area contributed by atoms with Crippen LogP contribution in [0.5, 0.6) is 0 Å². The van der Waals surface area contributed by atoms with Crippen LogP contribution in [0.3, 0.4) is 0 Å². The molecule has 12 rings (SSSR count). The van der Waals surface area contributed by atoms with E-state index in [4.69, 9.17) is 4.98 Å². The van der Waals surface area contributed by atoms with Gasteiger partial charge < -0.3 is 4.90 Å². The molecule has 0 spiro atoms. The number of hydrogen-bond donors (Lipinski definition) is 0. The number of benzene rings is 9. The lowest BCUT2D eigenvalue weighted by Gasteiger charge is -2.26. The molecule has 56 heavy (non-hydrogen) atoms. The summed E-state index contributed by atoms with van der Waals surface area (Å²) in [5.74, 6) is 0. The Morgan fingerprint density at radius 2 is 0.804 bits per heavy atom. The van der Waals surface area contributed by atoms with Crippen LogP contribution in [0, 0.1) is 0 Å². The summed E-state index contributed by atoms with van der Waals surface area (Å²) in [7, 11) is 0. The molecular formula is C51H30N2S3. The highest BCUT2D eigenvalue weighted by molar-refractivity contribution is 7.26. The zero-order valence-corrected chi connectivity index (χ0v) is 32.4. The van der Waals surface area contributed by atoms with E-state index >= 15 is 0 Å². The summed E-state index contributed by atoms with van der Waals surface area (Å²) in [5.41, 5.74) is 7.93. The van der Waals surface area contributed by atoms with E-state index in [0.29, 0.717) is 0 Å². The van der Waals surface area contributed by atoms with E-state index in [1.807, 2.05) is 28.7 Å².